The van der Waals surface area contributed by atoms with Crippen molar-refractivity contribution in [3.63, 3.8) is 0 Å². The number of rotatable bonds is 12. The molecule has 0 saturated heterocycles. The number of allylic oxidation sites excluding steroid dienone is 5. The maximum Gasteiger partial charge on any atom is 0.321 e. The summed E-state index contributed by atoms with van der Waals surface area (Å²) >= 11 is 1.65. The van der Waals surface area contributed by atoms with Crippen LogP contribution in [0.15, 0.2) is 34.9 Å². The lowest BCUT2D eigenvalue weighted by Gasteiger charge is -2.09. The summed E-state index contributed by atoms with van der Waals surface area (Å²) in [6.45, 7) is 8.64. The fraction of sp³-hybridized carbons (Fsp3) is 0.632. The second kappa shape index (κ2) is 13.4. The van der Waals surface area contributed by atoms with Crippen LogP contribution in [0.1, 0.15) is 53.4 Å². The monoisotopic (exact) mass is 339 g/mol. The quantitative estimate of drug-likeness (QED) is 0.396. The lowest BCUT2D eigenvalue weighted by atomic mass is 10.1. The molecular weight excluding hydrogens is 306 g/mol. The Hall–Kier alpha value is -1.00. The van der Waals surface area contributed by atoms with Gasteiger partial charge in [0.15, 0.2) is 0 Å². The van der Waals surface area contributed by atoms with Crippen LogP contribution in [0.25, 0.3) is 0 Å². The number of carboxylic acid groups (broad SMARTS) is 1. The van der Waals surface area contributed by atoms with Gasteiger partial charge in [-0.1, -0.05) is 34.9 Å². The molecule has 0 aromatic heterocycles. The number of nitrogens with one attached hydrogen (secondary N) is 1. The molecule has 0 amide bonds. The van der Waals surface area contributed by atoms with Gasteiger partial charge in [0.1, 0.15) is 6.04 Å². The molecule has 0 spiro atoms. The zero-order chi connectivity index (χ0) is 17.7. The van der Waals surface area contributed by atoms with E-state index in [1.54, 1.807) is 18.8 Å². The van der Waals surface area contributed by atoms with Crippen LogP contribution in [0.4, 0.5) is 0 Å². The predicted octanol–water partition coefficient (Wildman–Crippen LogP) is 4.81. The van der Waals surface area contributed by atoms with Gasteiger partial charge in [-0.3, -0.25) is 4.79 Å². The van der Waals surface area contributed by atoms with Crippen molar-refractivity contribution >= 4 is 17.7 Å². The van der Waals surface area contributed by atoms with Gasteiger partial charge in [0, 0.05) is 11.5 Å². The number of carboxylic acids is 1. The van der Waals surface area contributed by atoms with Crippen molar-refractivity contribution in [2.75, 3.05) is 18.6 Å². The zero-order valence-corrected chi connectivity index (χ0v) is 16.1. The number of aliphatic carboxylic acids is 1. The highest BCUT2D eigenvalue weighted by Crippen LogP contribution is 2.12. The summed E-state index contributed by atoms with van der Waals surface area (Å²) in [7, 11) is 1.69. The van der Waals surface area contributed by atoms with E-state index in [2.05, 4.69) is 51.2 Å². The van der Waals surface area contributed by atoms with Gasteiger partial charge < -0.3 is 10.4 Å². The van der Waals surface area contributed by atoms with Crippen molar-refractivity contribution in [1.82, 2.24) is 5.32 Å². The predicted molar refractivity (Wildman–Crippen MR) is 103 cm³/mol. The molecule has 132 valence electrons. The van der Waals surface area contributed by atoms with E-state index in [-0.39, 0.29) is 0 Å². The Morgan fingerprint density at radius 3 is 2.13 bits per heavy atom. The van der Waals surface area contributed by atoms with Gasteiger partial charge in [-0.05, 0) is 60.4 Å². The Kier molecular flexibility index (Phi) is 12.9. The van der Waals surface area contributed by atoms with E-state index < -0.39 is 12.0 Å². The summed E-state index contributed by atoms with van der Waals surface area (Å²) in [5.41, 5.74) is 4.22. The van der Waals surface area contributed by atoms with E-state index in [1.807, 2.05) is 0 Å². The topological polar surface area (TPSA) is 49.3 Å². The highest BCUT2D eigenvalue weighted by molar-refractivity contribution is 7.99. The molecule has 0 aliphatic heterocycles. The first-order chi connectivity index (χ1) is 10.9. The third-order valence-corrected chi connectivity index (χ3v) is 4.57. The Morgan fingerprint density at radius 2 is 1.61 bits per heavy atom. The molecular formula is C19H33NO2S. The summed E-state index contributed by atoms with van der Waals surface area (Å²) in [5.74, 6) is 0.689. The lowest BCUT2D eigenvalue weighted by Crippen LogP contribution is -2.36. The van der Waals surface area contributed by atoms with Crippen LogP contribution in [-0.4, -0.2) is 35.7 Å². The molecule has 0 bridgehead atoms. The van der Waals surface area contributed by atoms with Crippen LogP contribution >= 0.6 is 11.8 Å². The van der Waals surface area contributed by atoms with Gasteiger partial charge in [-0.15, -0.1) is 0 Å². The van der Waals surface area contributed by atoms with Crippen LogP contribution in [0, 0.1) is 0 Å². The van der Waals surface area contributed by atoms with Gasteiger partial charge in [0.25, 0.3) is 0 Å². The number of hydrogen-bond acceptors (Lipinski definition) is 3. The Morgan fingerprint density at radius 1 is 1.04 bits per heavy atom. The fourth-order valence-electron chi connectivity index (χ4n) is 2.00. The molecule has 0 saturated carbocycles. The Bertz CT molecular complexity index is 435. The SMILES string of the molecule is CN[C@@H](CSCC=C(C)CCC=C(C)CCC=C(C)C)C(=O)O. The highest BCUT2D eigenvalue weighted by Gasteiger charge is 2.13. The Balaban J connectivity index is 3.94. The molecule has 0 aromatic rings. The van der Waals surface area contributed by atoms with E-state index in [4.69, 9.17) is 5.11 Å². The van der Waals surface area contributed by atoms with Crippen LogP contribution in [0.2, 0.25) is 0 Å². The summed E-state index contributed by atoms with van der Waals surface area (Å²) in [6, 6.07) is -0.458. The highest BCUT2D eigenvalue weighted by atomic mass is 32.2. The number of likely N-dealkylation sites (N-methyl/N-ethyl adjacent to an activating group) is 1. The van der Waals surface area contributed by atoms with E-state index in [1.165, 1.54) is 16.7 Å². The van der Waals surface area contributed by atoms with Gasteiger partial charge in [-0.25, -0.2) is 0 Å². The molecule has 0 fully saturated rings. The molecule has 2 N–H and O–H groups in total. The molecule has 1 atom stereocenters. The number of thioether (sulfide) groups is 1. The largest absolute Gasteiger partial charge is 0.480 e. The summed E-state index contributed by atoms with van der Waals surface area (Å²) in [6.07, 6.45) is 11.3. The minimum absolute atomic E-state index is 0.458. The first-order valence-electron chi connectivity index (χ1n) is 8.29. The third-order valence-electron chi connectivity index (χ3n) is 3.60. The number of hydrogen-bond donors (Lipinski definition) is 2. The average molecular weight is 340 g/mol. The van der Waals surface area contributed by atoms with E-state index >= 15 is 0 Å². The molecule has 0 rings (SSSR count). The molecule has 23 heavy (non-hydrogen) atoms. The van der Waals surface area contributed by atoms with E-state index in [0.717, 1.165) is 31.4 Å². The van der Waals surface area contributed by atoms with Crippen LogP contribution in [0.5, 0.6) is 0 Å². The van der Waals surface area contributed by atoms with Crippen molar-refractivity contribution in [2.24, 2.45) is 0 Å². The molecule has 0 unspecified atom stereocenters. The normalized spacial score (nSPS) is 13.8. The van der Waals surface area contributed by atoms with Crippen molar-refractivity contribution < 1.29 is 9.90 Å². The molecule has 0 aliphatic rings. The maximum atomic E-state index is 10.9. The van der Waals surface area contributed by atoms with Crippen molar-refractivity contribution in [3.05, 3.63) is 34.9 Å². The van der Waals surface area contributed by atoms with Crippen molar-refractivity contribution in [2.45, 2.75) is 59.4 Å². The van der Waals surface area contributed by atoms with Gasteiger partial charge in [-0.2, -0.15) is 11.8 Å². The first kappa shape index (κ1) is 22.0. The Labute approximate surface area is 146 Å². The first-order valence-corrected chi connectivity index (χ1v) is 9.44. The minimum Gasteiger partial charge on any atom is -0.480 e. The standard InChI is InChI=1S/C19H33NO2S/c1-15(2)8-6-9-16(3)10-7-11-17(4)12-13-23-14-18(20-5)19(21)22/h8,10,12,18,20H,6-7,9,11,13-14H2,1-5H3,(H,21,22)/t18-/m0/s1. The van der Waals surface area contributed by atoms with Gasteiger partial charge >= 0.3 is 5.97 Å². The van der Waals surface area contributed by atoms with Crippen LogP contribution in [0.3, 0.4) is 0 Å². The summed E-state index contributed by atoms with van der Waals surface area (Å²) in [4.78, 5) is 10.9. The maximum absolute atomic E-state index is 10.9. The smallest absolute Gasteiger partial charge is 0.321 e. The lowest BCUT2D eigenvalue weighted by molar-refractivity contribution is -0.138. The van der Waals surface area contributed by atoms with E-state index in [0.29, 0.717) is 5.75 Å². The molecule has 0 heterocycles. The number of carbonyl (C=O) groups is 1. The van der Waals surface area contributed by atoms with Gasteiger partial charge in [0.05, 0.1) is 0 Å². The van der Waals surface area contributed by atoms with Crippen LogP contribution in [-0.2, 0) is 4.79 Å². The second-order valence-electron chi connectivity index (χ2n) is 6.18. The van der Waals surface area contributed by atoms with Crippen molar-refractivity contribution in [3.8, 4) is 0 Å². The van der Waals surface area contributed by atoms with Crippen LogP contribution < -0.4 is 5.32 Å². The average Bonchev–Trinajstić information content (AvgIpc) is 2.46. The van der Waals surface area contributed by atoms with Gasteiger partial charge in [0.2, 0.25) is 0 Å². The molecule has 0 radical (unpaired) electrons. The summed E-state index contributed by atoms with van der Waals surface area (Å²) < 4.78 is 0. The molecule has 0 aliphatic carbocycles. The summed E-state index contributed by atoms with van der Waals surface area (Å²) in [5, 5.41) is 11.7. The fourth-order valence-corrected chi connectivity index (χ4v) is 3.09. The van der Waals surface area contributed by atoms with E-state index in [9.17, 15) is 4.79 Å². The molecule has 3 nitrogen and oxygen atoms in total. The second-order valence-corrected chi connectivity index (χ2v) is 7.25. The third kappa shape index (κ3) is 13.2. The molecule has 0 aromatic carbocycles. The zero-order valence-electron chi connectivity index (χ0n) is 15.3. The van der Waals surface area contributed by atoms with Crippen molar-refractivity contribution in [1.29, 1.82) is 0 Å². The minimum atomic E-state index is -0.783. The molecule has 4 heteroatoms.